The fourth-order valence-electron chi connectivity index (χ4n) is 5.23. The molecule has 0 amide bonds. The van der Waals surface area contributed by atoms with Crippen LogP contribution in [0.3, 0.4) is 0 Å². The lowest BCUT2D eigenvalue weighted by molar-refractivity contribution is -0.142. The van der Waals surface area contributed by atoms with Gasteiger partial charge in [-0.25, -0.2) is 0 Å². The molecule has 0 spiro atoms. The van der Waals surface area contributed by atoms with Crippen LogP contribution in [0.25, 0.3) is 0 Å². The van der Waals surface area contributed by atoms with Crippen molar-refractivity contribution < 1.29 is 9.90 Å². The zero-order valence-corrected chi connectivity index (χ0v) is 15.5. The third-order valence-corrected chi connectivity index (χ3v) is 6.85. The highest BCUT2D eigenvalue weighted by Gasteiger charge is 2.34. The average molecular weight is 341 g/mol. The van der Waals surface area contributed by atoms with Crippen LogP contribution in [0, 0.1) is 30.6 Å². The van der Waals surface area contributed by atoms with E-state index in [4.69, 9.17) is 0 Å². The van der Waals surface area contributed by atoms with E-state index in [1.807, 2.05) is 0 Å². The molecule has 2 fully saturated rings. The number of hydrogen-bond donors (Lipinski definition) is 1. The molecule has 0 bridgehead atoms. The quantitative estimate of drug-likeness (QED) is 0.671. The Balaban J connectivity index is 1.48. The number of aryl methyl sites for hydroxylation is 1. The first-order valence-corrected chi connectivity index (χ1v) is 10.0. The maximum absolute atomic E-state index is 11.3. The van der Waals surface area contributed by atoms with Crippen LogP contribution in [-0.2, 0) is 4.79 Å². The van der Waals surface area contributed by atoms with Crippen molar-refractivity contribution in [2.75, 3.05) is 0 Å². The SMILES string of the molecule is C=CC(C(=O)O)C1CCC([C@H]2CC[C@H](c3ccc(C)cc3)CC2)CC1. The zero-order chi connectivity index (χ0) is 17.8. The van der Waals surface area contributed by atoms with Crippen molar-refractivity contribution in [1.29, 1.82) is 0 Å². The second kappa shape index (κ2) is 8.21. The maximum Gasteiger partial charge on any atom is 0.310 e. The van der Waals surface area contributed by atoms with E-state index in [1.54, 1.807) is 6.08 Å². The Hall–Kier alpha value is -1.57. The van der Waals surface area contributed by atoms with Gasteiger partial charge in [-0.2, -0.15) is 0 Å². The molecule has 2 aliphatic rings. The minimum Gasteiger partial charge on any atom is -0.481 e. The highest BCUT2D eigenvalue weighted by atomic mass is 16.4. The van der Waals surface area contributed by atoms with Gasteiger partial charge in [0.05, 0.1) is 5.92 Å². The van der Waals surface area contributed by atoms with E-state index in [1.165, 1.54) is 49.7 Å². The van der Waals surface area contributed by atoms with Gasteiger partial charge in [0.15, 0.2) is 0 Å². The fraction of sp³-hybridized carbons (Fsp3) is 0.609. The van der Waals surface area contributed by atoms with Crippen molar-refractivity contribution in [3.8, 4) is 0 Å². The molecule has 3 rings (SSSR count). The predicted octanol–water partition coefficient (Wildman–Crippen LogP) is 5.96. The Labute approximate surface area is 152 Å². The summed E-state index contributed by atoms with van der Waals surface area (Å²) in [5.74, 6) is 1.67. The monoisotopic (exact) mass is 340 g/mol. The Bertz CT molecular complexity index is 573. The molecule has 1 atom stereocenters. The Morgan fingerprint density at radius 1 is 1.00 bits per heavy atom. The molecule has 0 aromatic heterocycles. The van der Waals surface area contributed by atoms with Gasteiger partial charge in [-0.15, -0.1) is 6.58 Å². The van der Waals surface area contributed by atoms with Crippen molar-refractivity contribution in [3.05, 3.63) is 48.0 Å². The van der Waals surface area contributed by atoms with Gasteiger partial charge in [-0.05, 0) is 87.5 Å². The first-order valence-electron chi connectivity index (χ1n) is 10.0. The van der Waals surface area contributed by atoms with E-state index in [0.717, 1.165) is 30.6 Å². The summed E-state index contributed by atoms with van der Waals surface area (Å²) in [5, 5.41) is 9.32. The highest BCUT2D eigenvalue weighted by Crippen LogP contribution is 2.45. The highest BCUT2D eigenvalue weighted by molar-refractivity contribution is 5.72. The molecule has 0 heterocycles. The smallest absolute Gasteiger partial charge is 0.310 e. The van der Waals surface area contributed by atoms with Crippen molar-refractivity contribution in [2.24, 2.45) is 23.7 Å². The minimum atomic E-state index is -0.697. The summed E-state index contributed by atoms with van der Waals surface area (Å²) in [7, 11) is 0. The molecule has 0 radical (unpaired) electrons. The zero-order valence-electron chi connectivity index (χ0n) is 15.5. The van der Waals surface area contributed by atoms with Crippen LogP contribution in [-0.4, -0.2) is 11.1 Å². The summed E-state index contributed by atoms with van der Waals surface area (Å²) < 4.78 is 0. The summed E-state index contributed by atoms with van der Waals surface area (Å²) in [6.45, 7) is 5.88. The largest absolute Gasteiger partial charge is 0.481 e. The number of carbonyl (C=O) groups is 1. The summed E-state index contributed by atoms with van der Waals surface area (Å²) in [6.07, 6.45) is 11.5. The minimum absolute atomic E-state index is 0.301. The summed E-state index contributed by atoms with van der Waals surface area (Å²) in [4.78, 5) is 11.3. The van der Waals surface area contributed by atoms with Crippen LogP contribution < -0.4 is 0 Å². The number of carboxylic acid groups (broad SMARTS) is 1. The van der Waals surface area contributed by atoms with Crippen molar-refractivity contribution in [1.82, 2.24) is 0 Å². The summed E-state index contributed by atoms with van der Waals surface area (Å²) in [6, 6.07) is 9.10. The number of benzene rings is 1. The number of rotatable bonds is 5. The van der Waals surface area contributed by atoms with E-state index >= 15 is 0 Å². The van der Waals surface area contributed by atoms with Gasteiger partial charge in [0.25, 0.3) is 0 Å². The molecular formula is C23H32O2. The first-order chi connectivity index (χ1) is 12.1. The van der Waals surface area contributed by atoms with Crippen LogP contribution in [0.4, 0.5) is 0 Å². The molecular weight excluding hydrogens is 308 g/mol. The van der Waals surface area contributed by atoms with Gasteiger partial charge in [0.2, 0.25) is 0 Å². The molecule has 1 unspecified atom stereocenters. The standard InChI is InChI=1S/C23H32O2/c1-3-22(23(24)25)21-14-12-20(13-15-21)19-10-8-18(9-11-19)17-6-4-16(2)5-7-17/h3-7,18-22H,1,8-15H2,2H3,(H,24,25)/t18-,19-,20?,21?,22?. The predicted molar refractivity (Wildman–Crippen MR) is 103 cm³/mol. The normalized spacial score (nSPS) is 31.2. The lowest BCUT2D eigenvalue weighted by Gasteiger charge is -2.38. The van der Waals surface area contributed by atoms with Crippen molar-refractivity contribution >= 4 is 5.97 Å². The van der Waals surface area contributed by atoms with Gasteiger partial charge in [0.1, 0.15) is 0 Å². The second-order valence-corrected chi connectivity index (χ2v) is 8.30. The van der Waals surface area contributed by atoms with Crippen molar-refractivity contribution in [2.45, 2.75) is 64.2 Å². The molecule has 136 valence electrons. The topological polar surface area (TPSA) is 37.3 Å². The Kier molecular flexibility index (Phi) is 5.98. The molecule has 2 saturated carbocycles. The second-order valence-electron chi connectivity index (χ2n) is 8.30. The third-order valence-electron chi connectivity index (χ3n) is 6.85. The van der Waals surface area contributed by atoms with Gasteiger partial charge >= 0.3 is 5.97 Å². The van der Waals surface area contributed by atoms with Gasteiger partial charge in [-0.3, -0.25) is 4.79 Å². The van der Waals surface area contributed by atoms with Crippen LogP contribution in [0.1, 0.15) is 68.4 Å². The summed E-state index contributed by atoms with van der Waals surface area (Å²) >= 11 is 0. The molecule has 1 aromatic carbocycles. The third kappa shape index (κ3) is 4.34. The maximum atomic E-state index is 11.3. The number of carboxylic acids is 1. The van der Waals surface area contributed by atoms with Gasteiger partial charge < -0.3 is 5.11 Å². The Morgan fingerprint density at radius 3 is 2.00 bits per heavy atom. The average Bonchev–Trinajstić information content (AvgIpc) is 2.63. The molecule has 0 aliphatic heterocycles. The first kappa shape index (κ1) is 18.2. The summed E-state index contributed by atoms with van der Waals surface area (Å²) in [5.41, 5.74) is 2.86. The van der Waals surface area contributed by atoms with Crippen LogP contribution in [0.5, 0.6) is 0 Å². The van der Waals surface area contributed by atoms with E-state index in [2.05, 4.69) is 37.8 Å². The lowest BCUT2D eigenvalue weighted by Crippen LogP contribution is -2.30. The van der Waals surface area contributed by atoms with Crippen LogP contribution in [0.2, 0.25) is 0 Å². The molecule has 1 aromatic rings. The fourth-order valence-corrected chi connectivity index (χ4v) is 5.23. The number of aliphatic carboxylic acids is 1. The lowest BCUT2D eigenvalue weighted by atomic mass is 9.67. The molecule has 2 aliphatic carbocycles. The molecule has 2 heteroatoms. The van der Waals surface area contributed by atoms with Crippen LogP contribution >= 0.6 is 0 Å². The van der Waals surface area contributed by atoms with E-state index in [9.17, 15) is 9.90 Å². The molecule has 0 saturated heterocycles. The van der Waals surface area contributed by atoms with E-state index in [-0.39, 0.29) is 5.92 Å². The van der Waals surface area contributed by atoms with Gasteiger partial charge in [-0.1, -0.05) is 35.9 Å². The molecule has 1 N–H and O–H groups in total. The van der Waals surface area contributed by atoms with Gasteiger partial charge in [0, 0.05) is 0 Å². The van der Waals surface area contributed by atoms with Crippen LogP contribution in [0.15, 0.2) is 36.9 Å². The number of hydrogen-bond acceptors (Lipinski definition) is 1. The van der Waals surface area contributed by atoms with Crippen molar-refractivity contribution in [3.63, 3.8) is 0 Å². The molecule has 25 heavy (non-hydrogen) atoms. The van der Waals surface area contributed by atoms with E-state index < -0.39 is 5.97 Å². The van der Waals surface area contributed by atoms with E-state index in [0.29, 0.717) is 5.92 Å². The molecule has 2 nitrogen and oxygen atoms in total. The Morgan fingerprint density at radius 2 is 1.52 bits per heavy atom.